The van der Waals surface area contributed by atoms with Gasteiger partial charge in [-0.15, -0.1) is 0 Å². The van der Waals surface area contributed by atoms with Gasteiger partial charge in [0, 0.05) is 39.2 Å². The lowest BCUT2D eigenvalue weighted by Crippen LogP contribution is -2.38. The molecule has 0 spiro atoms. The van der Waals surface area contributed by atoms with Gasteiger partial charge in [0.1, 0.15) is 0 Å². The molecule has 0 bridgehead atoms. The van der Waals surface area contributed by atoms with Crippen molar-refractivity contribution in [2.45, 2.75) is 18.9 Å². The summed E-state index contributed by atoms with van der Waals surface area (Å²) in [4.78, 5) is 38.6. The topological polar surface area (TPSA) is 87.2 Å². The summed E-state index contributed by atoms with van der Waals surface area (Å²) in [6, 6.07) is 18.1. The normalized spacial score (nSPS) is 11.4. The molecule has 0 aliphatic heterocycles. The molecule has 0 saturated heterocycles. The number of para-hydroxylation sites is 1. The minimum atomic E-state index is -1.29. The number of ether oxygens (including phenoxy) is 1. The number of amides is 2. The molecular formula is C21H24N2O5. The number of aliphatic carboxylic acids is 1. The standard InChI is InChI=1S/C21H24N2O5/c1-22(14-13-19(24)23(2)17-11-7-4-8-12-17)21(27)28-18(20(25)26)15-16-9-5-3-6-10-16/h3-12,18H,13-15H2,1-2H3,(H,25,26)/t18-/m0/s1. The zero-order valence-electron chi connectivity index (χ0n) is 15.9. The van der Waals surface area contributed by atoms with E-state index in [1.807, 2.05) is 36.4 Å². The van der Waals surface area contributed by atoms with Crippen LogP contribution in [0.2, 0.25) is 0 Å². The molecule has 2 aromatic rings. The molecule has 2 rings (SSSR count). The highest BCUT2D eigenvalue weighted by Gasteiger charge is 2.25. The molecule has 0 saturated carbocycles. The van der Waals surface area contributed by atoms with Gasteiger partial charge in [-0.3, -0.25) is 4.79 Å². The predicted molar refractivity (Wildman–Crippen MR) is 105 cm³/mol. The average molecular weight is 384 g/mol. The predicted octanol–water partition coefficient (Wildman–Crippen LogP) is 2.80. The summed E-state index contributed by atoms with van der Waals surface area (Å²) in [6.45, 7) is 0.118. The fraction of sp³-hybridized carbons (Fsp3) is 0.286. The first kappa shape index (κ1) is 21.0. The summed E-state index contributed by atoms with van der Waals surface area (Å²) in [5.74, 6) is -1.38. The largest absolute Gasteiger partial charge is 0.478 e. The molecule has 0 aromatic heterocycles. The SMILES string of the molecule is CN(CCC(=O)N(C)c1ccccc1)C(=O)O[C@@H](Cc1ccccc1)C(=O)O. The van der Waals surface area contributed by atoms with Crippen LogP contribution in [0, 0.1) is 0 Å². The number of carbonyl (C=O) groups is 3. The maximum absolute atomic E-state index is 12.3. The fourth-order valence-corrected chi connectivity index (χ4v) is 2.54. The van der Waals surface area contributed by atoms with Crippen LogP contribution < -0.4 is 4.90 Å². The third-order valence-corrected chi connectivity index (χ3v) is 4.27. The molecule has 7 heteroatoms. The second-order valence-corrected chi connectivity index (χ2v) is 6.36. The lowest BCUT2D eigenvalue weighted by molar-refractivity contribution is -0.147. The van der Waals surface area contributed by atoms with E-state index < -0.39 is 18.2 Å². The van der Waals surface area contributed by atoms with E-state index in [0.29, 0.717) is 0 Å². The highest BCUT2D eigenvalue weighted by molar-refractivity contribution is 5.93. The molecule has 0 aliphatic carbocycles. The molecule has 2 aromatic carbocycles. The van der Waals surface area contributed by atoms with E-state index in [2.05, 4.69) is 0 Å². The molecule has 0 aliphatic rings. The van der Waals surface area contributed by atoms with Gasteiger partial charge in [0.05, 0.1) is 0 Å². The van der Waals surface area contributed by atoms with Gasteiger partial charge in [-0.05, 0) is 17.7 Å². The van der Waals surface area contributed by atoms with Crippen molar-refractivity contribution >= 4 is 23.7 Å². The lowest BCUT2D eigenvalue weighted by Gasteiger charge is -2.22. The van der Waals surface area contributed by atoms with E-state index in [1.54, 1.807) is 31.3 Å². The third-order valence-electron chi connectivity index (χ3n) is 4.27. The molecule has 1 N–H and O–H groups in total. The van der Waals surface area contributed by atoms with Crippen LogP contribution in [0.3, 0.4) is 0 Å². The van der Waals surface area contributed by atoms with Crippen LogP contribution in [0.25, 0.3) is 0 Å². The Hall–Kier alpha value is -3.35. The van der Waals surface area contributed by atoms with Crippen LogP contribution in [-0.4, -0.2) is 54.7 Å². The van der Waals surface area contributed by atoms with Gasteiger partial charge in [-0.1, -0.05) is 48.5 Å². The summed E-state index contributed by atoms with van der Waals surface area (Å²) in [6.07, 6.45) is -1.91. The molecule has 1 atom stereocenters. The molecule has 0 fully saturated rings. The van der Waals surface area contributed by atoms with Crippen molar-refractivity contribution in [3.8, 4) is 0 Å². The molecule has 0 radical (unpaired) electrons. The minimum Gasteiger partial charge on any atom is -0.478 e. The van der Waals surface area contributed by atoms with Crippen molar-refractivity contribution in [3.63, 3.8) is 0 Å². The Morgan fingerprint density at radius 1 is 0.964 bits per heavy atom. The number of nitrogens with zero attached hydrogens (tertiary/aromatic N) is 2. The number of carbonyl (C=O) groups excluding carboxylic acids is 2. The van der Waals surface area contributed by atoms with E-state index >= 15 is 0 Å². The maximum atomic E-state index is 12.3. The number of rotatable bonds is 8. The van der Waals surface area contributed by atoms with E-state index in [0.717, 1.165) is 11.3 Å². The maximum Gasteiger partial charge on any atom is 0.410 e. The van der Waals surface area contributed by atoms with Gasteiger partial charge < -0.3 is 19.6 Å². The smallest absolute Gasteiger partial charge is 0.410 e. The number of benzene rings is 2. The van der Waals surface area contributed by atoms with Crippen LogP contribution in [0.5, 0.6) is 0 Å². The van der Waals surface area contributed by atoms with Crippen molar-refractivity contribution in [2.75, 3.05) is 25.5 Å². The summed E-state index contributed by atoms with van der Waals surface area (Å²) < 4.78 is 5.12. The Morgan fingerprint density at radius 2 is 1.54 bits per heavy atom. The molecule has 28 heavy (non-hydrogen) atoms. The second-order valence-electron chi connectivity index (χ2n) is 6.36. The quantitative estimate of drug-likeness (QED) is 0.756. The Morgan fingerprint density at radius 3 is 2.11 bits per heavy atom. The first-order valence-electron chi connectivity index (χ1n) is 8.88. The number of carboxylic acids is 1. The molecular weight excluding hydrogens is 360 g/mol. The monoisotopic (exact) mass is 384 g/mol. The zero-order chi connectivity index (χ0) is 20.5. The van der Waals surface area contributed by atoms with Crippen molar-refractivity contribution in [3.05, 3.63) is 66.2 Å². The second kappa shape index (κ2) is 10.1. The molecule has 0 unspecified atom stereocenters. The summed E-state index contributed by atoms with van der Waals surface area (Å²) in [7, 11) is 3.13. The summed E-state index contributed by atoms with van der Waals surface area (Å²) in [5.41, 5.74) is 1.51. The minimum absolute atomic E-state index is 0.0748. The highest BCUT2D eigenvalue weighted by Crippen LogP contribution is 2.13. The first-order valence-corrected chi connectivity index (χ1v) is 8.88. The average Bonchev–Trinajstić information content (AvgIpc) is 2.71. The van der Waals surface area contributed by atoms with Crippen LogP contribution in [0.4, 0.5) is 10.5 Å². The van der Waals surface area contributed by atoms with Crippen LogP contribution in [0.15, 0.2) is 60.7 Å². The first-order chi connectivity index (χ1) is 13.4. The van der Waals surface area contributed by atoms with Gasteiger partial charge >= 0.3 is 12.1 Å². The zero-order valence-corrected chi connectivity index (χ0v) is 15.9. The van der Waals surface area contributed by atoms with Crippen molar-refractivity contribution in [2.24, 2.45) is 0 Å². The van der Waals surface area contributed by atoms with Crippen LogP contribution >= 0.6 is 0 Å². The van der Waals surface area contributed by atoms with Gasteiger partial charge in [0.25, 0.3) is 0 Å². The van der Waals surface area contributed by atoms with Crippen molar-refractivity contribution in [1.29, 1.82) is 0 Å². The molecule has 7 nitrogen and oxygen atoms in total. The Balaban J connectivity index is 1.86. The van der Waals surface area contributed by atoms with Gasteiger partial charge in [0.2, 0.25) is 12.0 Å². The van der Waals surface area contributed by atoms with Crippen LogP contribution in [-0.2, 0) is 20.7 Å². The van der Waals surface area contributed by atoms with E-state index in [-0.39, 0.29) is 25.3 Å². The van der Waals surface area contributed by atoms with Gasteiger partial charge in [-0.25, -0.2) is 9.59 Å². The van der Waals surface area contributed by atoms with E-state index in [4.69, 9.17) is 4.74 Å². The number of hydrogen-bond acceptors (Lipinski definition) is 4. The third kappa shape index (κ3) is 6.12. The number of anilines is 1. The van der Waals surface area contributed by atoms with E-state index in [1.165, 1.54) is 16.8 Å². The van der Waals surface area contributed by atoms with Crippen molar-refractivity contribution in [1.82, 2.24) is 4.90 Å². The number of hydrogen-bond donors (Lipinski definition) is 1. The highest BCUT2D eigenvalue weighted by atomic mass is 16.6. The van der Waals surface area contributed by atoms with Gasteiger partial charge in [-0.2, -0.15) is 0 Å². The lowest BCUT2D eigenvalue weighted by atomic mass is 10.1. The Bertz CT molecular complexity index is 795. The van der Waals surface area contributed by atoms with Crippen molar-refractivity contribution < 1.29 is 24.2 Å². The summed E-state index contributed by atoms with van der Waals surface area (Å²) >= 11 is 0. The fourth-order valence-electron chi connectivity index (χ4n) is 2.54. The number of carboxylic acid groups (broad SMARTS) is 1. The van der Waals surface area contributed by atoms with Gasteiger partial charge in [0.15, 0.2) is 0 Å². The molecule has 0 heterocycles. The Labute approximate surface area is 164 Å². The Kier molecular flexibility index (Phi) is 7.56. The van der Waals surface area contributed by atoms with Crippen LogP contribution in [0.1, 0.15) is 12.0 Å². The summed E-state index contributed by atoms with van der Waals surface area (Å²) in [5, 5.41) is 9.33. The van der Waals surface area contributed by atoms with E-state index in [9.17, 15) is 19.5 Å². The molecule has 2 amide bonds. The molecule has 148 valence electrons.